The van der Waals surface area contributed by atoms with E-state index in [1.165, 1.54) is 23.5 Å². The second kappa shape index (κ2) is 6.29. The molecular weight excluding hydrogens is 314 g/mol. The predicted molar refractivity (Wildman–Crippen MR) is 77.5 cm³/mol. The van der Waals surface area contributed by atoms with Gasteiger partial charge in [-0.05, 0) is 19.1 Å². The molecule has 0 aliphatic rings. The van der Waals surface area contributed by atoms with E-state index in [0.717, 1.165) is 5.01 Å². The van der Waals surface area contributed by atoms with Crippen molar-refractivity contribution in [2.75, 3.05) is 6.54 Å². The first-order chi connectivity index (χ1) is 9.88. The number of aliphatic carboxylic acids is 1. The van der Waals surface area contributed by atoms with Crippen LogP contribution in [0.3, 0.4) is 0 Å². The summed E-state index contributed by atoms with van der Waals surface area (Å²) in [5.74, 6) is -1.06. The van der Waals surface area contributed by atoms with E-state index in [1.54, 1.807) is 12.1 Å². The molecule has 112 valence electrons. The van der Waals surface area contributed by atoms with Crippen molar-refractivity contribution in [1.29, 1.82) is 0 Å². The minimum absolute atomic E-state index is 0.0678. The Bertz CT molecular complexity index is 755. The molecule has 1 aromatic carbocycles. The van der Waals surface area contributed by atoms with Crippen LogP contribution in [0.5, 0.6) is 0 Å². The van der Waals surface area contributed by atoms with Gasteiger partial charge in [0, 0.05) is 12.1 Å². The Hall–Kier alpha value is -1.84. The van der Waals surface area contributed by atoms with E-state index < -0.39 is 16.0 Å². The van der Waals surface area contributed by atoms with Crippen molar-refractivity contribution in [3.8, 4) is 10.6 Å². The number of hydrogen-bond acceptors (Lipinski definition) is 6. The van der Waals surface area contributed by atoms with Crippen molar-refractivity contribution < 1.29 is 18.3 Å². The summed E-state index contributed by atoms with van der Waals surface area (Å²) < 4.78 is 26.4. The quantitative estimate of drug-likeness (QED) is 0.827. The van der Waals surface area contributed by atoms with Crippen molar-refractivity contribution in [1.82, 2.24) is 14.9 Å². The summed E-state index contributed by atoms with van der Waals surface area (Å²) in [5, 5.41) is 17.8. The summed E-state index contributed by atoms with van der Waals surface area (Å²) in [4.78, 5) is 10.5. The average Bonchev–Trinajstić information content (AvgIpc) is 2.85. The zero-order valence-electron chi connectivity index (χ0n) is 11.1. The highest BCUT2D eigenvalue weighted by Crippen LogP contribution is 2.25. The van der Waals surface area contributed by atoms with Gasteiger partial charge in [0.05, 0.1) is 11.3 Å². The maximum atomic E-state index is 12.1. The first kappa shape index (κ1) is 15.5. The number of hydrogen-bond donors (Lipinski definition) is 2. The molecule has 0 unspecified atom stereocenters. The fourth-order valence-corrected chi connectivity index (χ4v) is 3.35. The number of aromatic nitrogens is 2. The van der Waals surface area contributed by atoms with Crippen LogP contribution in [0, 0.1) is 6.92 Å². The normalized spacial score (nSPS) is 11.5. The van der Waals surface area contributed by atoms with Crippen LogP contribution in [0.1, 0.15) is 11.4 Å². The second-order valence-corrected chi connectivity index (χ2v) is 7.14. The van der Waals surface area contributed by atoms with Crippen LogP contribution >= 0.6 is 11.3 Å². The number of rotatable bonds is 6. The third-order valence-corrected chi connectivity index (χ3v) is 4.89. The number of nitrogens with one attached hydrogen (secondary N) is 1. The molecule has 0 fully saturated rings. The van der Waals surface area contributed by atoms with Crippen molar-refractivity contribution in [3.63, 3.8) is 0 Å². The summed E-state index contributed by atoms with van der Waals surface area (Å²) in [7, 11) is -3.74. The average molecular weight is 327 g/mol. The lowest BCUT2D eigenvalue weighted by molar-refractivity contribution is -0.136. The molecule has 0 saturated heterocycles. The maximum Gasteiger partial charge on any atom is 0.304 e. The van der Waals surface area contributed by atoms with E-state index in [4.69, 9.17) is 5.11 Å². The number of aryl methyl sites for hydroxylation is 1. The van der Waals surface area contributed by atoms with E-state index in [2.05, 4.69) is 14.9 Å². The fourth-order valence-electron chi connectivity index (χ4n) is 1.59. The summed E-state index contributed by atoms with van der Waals surface area (Å²) in [6.07, 6.45) is -0.269. The molecule has 0 amide bonds. The highest BCUT2D eigenvalue weighted by molar-refractivity contribution is 7.89. The van der Waals surface area contributed by atoms with Crippen LogP contribution in [0.4, 0.5) is 0 Å². The van der Waals surface area contributed by atoms with Gasteiger partial charge in [-0.3, -0.25) is 4.79 Å². The number of sulfonamides is 1. The second-order valence-electron chi connectivity index (χ2n) is 4.20. The zero-order chi connectivity index (χ0) is 15.5. The molecule has 0 atom stereocenters. The summed E-state index contributed by atoms with van der Waals surface area (Å²) in [6.45, 7) is 1.66. The van der Waals surface area contributed by atoms with Crippen LogP contribution in [0.25, 0.3) is 10.6 Å². The molecule has 0 spiro atoms. The molecule has 0 aliphatic carbocycles. The van der Waals surface area contributed by atoms with Crippen LogP contribution in [-0.4, -0.2) is 36.2 Å². The Morgan fingerprint density at radius 2 is 2.14 bits per heavy atom. The molecule has 0 radical (unpaired) electrons. The number of carbonyl (C=O) groups is 1. The van der Waals surface area contributed by atoms with E-state index in [9.17, 15) is 13.2 Å². The summed E-state index contributed by atoms with van der Waals surface area (Å²) in [6, 6.07) is 6.29. The van der Waals surface area contributed by atoms with E-state index in [1.807, 2.05) is 6.92 Å². The first-order valence-corrected chi connectivity index (χ1v) is 8.30. The standard InChI is InChI=1S/C12H13N3O4S2/c1-8-14-15-12(20-8)9-3-2-4-10(7-9)21(18,19)13-6-5-11(16)17/h2-4,7,13H,5-6H2,1H3,(H,16,17). The maximum absolute atomic E-state index is 12.1. The molecule has 7 nitrogen and oxygen atoms in total. The molecule has 2 aromatic rings. The van der Waals surface area contributed by atoms with Gasteiger partial charge in [0.1, 0.15) is 10.0 Å². The Morgan fingerprint density at radius 3 is 2.76 bits per heavy atom. The number of benzene rings is 1. The topological polar surface area (TPSA) is 109 Å². The SMILES string of the molecule is Cc1nnc(-c2cccc(S(=O)(=O)NCCC(=O)O)c2)s1. The first-order valence-electron chi connectivity index (χ1n) is 6.00. The Labute approximate surface area is 125 Å². The number of carboxylic acid groups (broad SMARTS) is 1. The fraction of sp³-hybridized carbons (Fsp3) is 0.250. The Morgan fingerprint density at radius 1 is 1.38 bits per heavy atom. The van der Waals surface area contributed by atoms with Gasteiger partial charge in [0.2, 0.25) is 10.0 Å². The molecule has 0 bridgehead atoms. The third kappa shape index (κ3) is 4.06. The zero-order valence-corrected chi connectivity index (χ0v) is 12.7. The van der Waals surface area contributed by atoms with Gasteiger partial charge >= 0.3 is 5.97 Å². The van der Waals surface area contributed by atoms with Crippen molar-refractivity contribution >= 4 is 27.3 Å². The van der Waals surface area contributed by atoms with E-state index >= 15 is 0 Å². The molecule has 0 saturated carbocycles. The van der Waals surface area contributed by atoms with Crippen LogP contribution in [-0.2, 0) is 14.8 Å². The van der Waals surface area contributed by atoms with Gasteiger partial charge in [-0.1, -0.05) is 23.5 Å². The molecule has 1 aromatic heterocycles. The van der Waals surface area contributed by atoms with Crippen LogP contribution < -0.4 is 4.72 Å². The number of carboxylic acids is 1. The lowest BCUT2D eigenvalue weighted by atomic mass is 10.2. The van der Waals surface area contributed by atoms with Gasteiger partial charge in [0.25, 0.3) is 0 Å². The molecule has 21 heavy (non-hydrogen) atoms. The molecular formula is C12H13N3O4S2. The van der Waals surface area contributed by atoms with Crippen LogP contribution in [0.2, 0.25) is 0 Å². The van der Waals surface area contributed by atoms with Crippen molar-refractivity contribution in [3.05, 3.63) is 29.3 Å². The minimum Gasteiger partial charge on any atom is -0.481 e. The Balaban J connectivity index is 2.22. The Kier molecular flexibility index (Phi) is 4.66. The monoisotopic (exact) mass is 327 g/mol. The highest BCUT2D eigenvalue weighted by Gasteiger charge is 2.15. The van der Waals surface area contributed by atoms with Gasteiger partial charge in [-0.25, -0.2) is 13.1 Å². The lowest BCUT2D eigenvalue weighted by Crippen LogP contribution is -2.26. The minimum atomic E-state index is -3.74. The lowest BCUT2D eigenvalue weighted by Gasteiger charge is -2.06. The van der Waals surface area contributed by atoms with Gasteiger partial charge in [-0.15, -0.1) is 10.2 Å². The smallest absolute Gasteiger partial charge is 0.304 e. The number of nitrogens with zero attached hydrogens (tertiary/aromatic N) is 2. The predicted octanol–water partition coefficient (Wildman–Crippen LogP) is 1.27. The summed E-state index contributed by atoms with van der Waals surface area (Å²) in [5.41, 5.74) is 0.654. The molecule has 0 aliphatic heterocycles. The van der Waals surface area contributed by atoms with Crippen molar-refractivity contribution in [2.45, 2.75) is 18.2 Å². The molecule has 1 heterocycles. The molecule has 2 rings (SSSR count). The van der Waals surface area contributed by atoms with Gasteiger partial charge in [0.15, 0.2) is 0 Å². The van der Waals surface area contributed by atoms with E-state index in [0.29, 0.717) is 10.6 Å². The van der Waals surface area contributed by atoms with Gasteiger partial charge < -0.3 is 5.11 Å². The largest absolute Gasteiger partial charge is 0.481 e. The van der Waals surface area contributed by atoms with Crippen LogP contribution in [0.15, 0.2) is 29.2 Å². The highest BCUT2D eigenvalue weighted by atomic mass is 32.2. The third-order valence-electron chi connectivity index (χ3n) is 2.55. The van der Waals surface area contributed by atoms with Gasteiger partial charge in [-0.2, -0.15) is 0 Å². The molecule has 2 N–H and O–H groups in total. The summed E-state index contributed by atoms with van der Waals surface area (Å²) >= 11 is 1.37. The van der Waals surface area contributed by atoms with E-state index in [-0.39, 0.29) is 17.9 Å². The van der Waals surface area contributed by atoms with Crippen molar-refractivity contribution in [2.24, 2.45) is 0 Å². The molecule has 9 heteroatoms.